The lowest BCUT2D eigenvalue weighted by Gasteiger charge is -2.20. The molecule has 0 amide bonds. The number of benzene rings is 2. The minimum absolute atomic E-state index is 0.138. The fraction of sp³-hybridized carbons (Fsp3) is 0.250. The van der Waals surface area contributed by atoms with Gasteiger partial charge in [0, 0.05) is 13.8 Å². The fourth-order valence-corrected chi connectivity index (χ4v) is 2.70. The van der Waals surface area contributed by atoms with Crippen LogP contribution in [0.3, 0.4) is 0 Å². The molecular formula is C20H20O7. The van der Waals surface area contributed by atoms with E-state index < -0.39 is 11.9 Å². The van der Waals surface area contributed by atoms with Crippen molar-refractivity contribution in [3.63, 3.8) is 0 Å². The second kappa shape index (κ2) is 8.35. The van der Waals surface area contributed by atoms with Crippen molar-refractivity contribution in [2.75, 3.05) is 14.2 Å². The Labute approximate surface area is 156 Å². The van der Waals surface area contributed by atoms with Gasteiger partial charge in [-0.25, -0.2) is 0 Å². The van der Waals surface area contributed by atoms with Gasteiger partial charge in [-0.1, -0.05) is 6.07 Å². The maximum Gasteiger partial charge on any atom is 0.308 e. The SMILES string of the molecule is COc1ccc(C(C)=O)c(OC)c1-c1c(OC(C)=O)cccc1OC(C)=O. The van der Waals surface area contributed by atoms with Crippen molar-refractivity contribution < 1.29 is 33.3 Å². The Bertz CT molecular complexity index is 865. The zero-order valence-electron chi connectivity index (χ0n) is 15.7. The Morgan fingerprint density at radius 2 is 1.26 bits per heavy atom. The number of esters is 2. The summed E-state index contributed by atoms with van der Waals surface area (Å²) in [5.74, 6) is -0.500. The number of rotatable bonds is 6. The Balaban J connectivity index is 2.93. The standard InChI is InChI=1S/C20H20O7/c1-11(21)14-9-10-15(24-4)19(20(14)25-5)18-16(26-12(2)22)7-6-8-17(18)27-13(3)23/h6-10H,1-5H3. The number of carbonyl (C=O) groups excluding carboxylic acids is 3. The lowest BCUT2D eigenvalue weighted by Crippen LogP contribution is -2.08. The molecule has 0 aromatic heterocycles. The first kappa shape index (κ1) is 20.0. The predicted molar refractivity (Wildman–Crippen MR) is 97.6 cm³/mol. The molecule has 0 spiro atoms. The van der Waals surface area contributed by atoms with Gasteiger partial charge in [-0.15, -0.1) is 0 Å². The highest BCUT2D eigenvalue weighted by Gasteiger charge is 2.26. The number of hydrogen-bond donors (Lipinski definition) is 0. The molecule has 0 aliphatic rings. The summed E-state index contributed by atoms with van der Waals surface area (Å²) >= 11 is 0. The van der Waals surface area contributed by atoms with Crippen LogP contribution in [0.2, 0.25) is 0 Å². The van der Waals surface area contributed by atoms with Crippen molar-refractivity contribution in [3.8, 4) is 34.1 Å². The van der Waals surface area contributed by atoms with Crippen LogP contribution < -0.4 is 18.9 Å². The zero-order chi connectivity index (χ0) is 20.1. The van der Waals surface area contributed by atoms with Crippen LogP contribution in [-0.4, -0.2) is 31.9 Å². The van der Waals surface area contributed by atoms with Gasteiger partial charge in [0.05, 0.1) is 30.9 Å². The van der Waals surface area contributed by atoms with Gasteiger partial charge in [-0.2, -0.15) is 0 Å². The minimum atomic E-state index is -0.558. The maximum absolute atomic E-state index is 12.0. The van der Waals surface area contributed by atoms with Gasteiger partial charge in [0.15, 0.2) is 5.78 Å². The number of ether oxygens (including phenoxy) is 4. The lowest BCUT2D eigenvalue weighted by atomic mass is 9.96. The third-order valence-electron chi connectivity index (χ3n) is 3.67. The van der Waals surface area contributed by atoms with Gasteiger partial charge < -0.3 is 18.9 Å². The van der Waals surface area contributed by atoms with Gasteiger partial charge in [0.25, 0.3) is 0 Å². The number of hydrogen-bond acceptors (Lipinski definition) is 7. The molecule has 0 bridgehead atoms. The topological polar surface area (TPSA) is 88.1 Å². The Hall–Kier alpha value is -3.35. The van der Waals surface area contributed by atoms with E-state index in [1.807, 2.05) is 0 Å². The largest absolute Gasteiger partial charge is 0.496 e. The highest BCUT2D eigenvalue weighted by Crippen LogP contribution is 2.49. The highest BCUT2D eigenvalue weighted by atomic mass is 16.5. The molecule has 2 aromatic rings. The van der Waals surface area contributed by atoms with E-state index >= 15 is 0 Å². The van der Waals surface area contributed by atoms with E-state index in [4.69, 9.17) is 18.9 Å². The van der Waals surface area contributed by atoms with E-state index in [9.17, 15) is 14.4 Å². The van der Waals surface area contributed by atoms with Crippen molar-refractivity contribution in [2.24, 2.45) is 0 Å². The van der Waals surface area contributed by atoms with Crippen LogP contribution in [0.15, 0.2) is 30.3 Å². The molecule has 0 unspecified atom stereocenters. The first-order valence-electron chi connectivity index (χ1n) is 8.06. The van der Waals surface area contributed by atoms with Crippen LogP contribution >= 0.6 is 0 Å². The molecule has 27 heavy (non-hydrogen) atoms. The van der Waals surface area contributed by atoms with Gasteiger partial charge in [0.1, 0.15) is 23.0 Å². The van der Waals surface area contributed by atoms with E-state index in [0.717, 1.165) is 0 Å². The van der Waals surface area contributed by atoms with Crippen LogP contribution in [0.4, 0.5) is 0 Å². The van der Waals surface area contributed by atoms with Crippen molar-refractivity contribution >= 4 is 17.7 Å². The smallest absolute Gasteiger partial charge is 0.308 e. The molecule has 0 radical (unpaired) electrons. The van der Waals surface area contributed by atoms with E-state index in [0.29, 0.717) is 16.9 Å². The summed E-state index contributed by atoms with van der Waals surface area (Å²) in [6.45, 7) is 3.91. The van der Waals surface area contributed by atoms with E-state index in [2.05, 4.69) is 0 Å². The summed E-state index contributed by atoms with van der Waals surface area (Å²) in [5, 5.41) is 0. The molecule has 2 rings (SSSR count). The zero-order valence-corrected chi connectivity index (χ0v) is 15.7. The molecule has 7 nitrogen and oxygen atoms in total. The van der Waals surface area contributed by atoms with Crippen molar-refractivity contribution in [3.05, 3.63) is 35.9 Å². The summed E-state index contributed by atoms with van der Waals surface area (Å²) < 4.78 is 21.5. The van der Waals surface area contributed by atoms with Gasteiger partial charge in [0.2, 0.25) is 0 Å². The molecule has 0 saturated carbocycles. The summed E-state index contributed by atoms with van der Waals surface area (Å²) in [5.41, 5.74) is 0.903. The molecule has 0 fully saturated rings. The lowest BCUT2D eigenvalue weighted by molar-refractivity contribution is -0.132. The normalized spacial score (nSPS) is 10.1. The van der Waals surface area contributed by atoms with Crippen LogP contribution in [0.1, 0.15) is 31.1 Å². The molecule has 0 N–H and O–H groups in total. The average molecular weight is 372 g/mol. The van der Waals surface area contributed by atoms with E-state index in [-0.39, 0.29) is 28.6 Å². The molecular weight excluding hydrogens is 352 g/mol. The van der Waals surface area contributed by atoms with Crippen molar-refractivity contribution in [2.45, 2.75) is 20.8 Å². The van der Waals surface area contributed by atoms with Gasteiger partial charge in [-0.05, 0) is 31.2 Å². The predicted octanol–water partition coefficient (Wildman–Crippen LogP) is 3.42. The van der Waals surface area contributed by atoms with Crippen molar-refractivity contribution in [1.29, 1.82) is 0 Å². The highest BCUT2D eigenvalue weighted by molar-refractivity contribution is 6.01. The van der Waals surface area contributed by atoms with Gasteiger partial charge >= 0.3 is 11.9 Å². The summed E-state index contributed by atoms with van der Waals surface area (Å²) in [7, 11) is 2.86. The van der Waals surface area contributed by atoms with Crippen LogP contribution in [0, 0.1) is 0 Å². The maximum atomic E-state index is 12.0. The number of carbonyl (C=O) groups is 3. The molecule has 7 heteroatoms. The molecule has 0 atom stereocenters. The van der Waals surface area contributed by atoms with E-state index in [1.165, 1.54) is 35.0 Å². The first-order valence-corrected chi connectivity index (χ1v) is 8.06. The molecule has 0 aliphatic heterocycles. The summed E-state index contributed by atoms with van der Waals surface area (Å²) in [6.07, 6.45) is 0. The number of methoxy groups -OCH3 is 2. The third kappa shape index (κ3) is 4.25. The Morgan fingerprint density at radius 1 is 0.704 bits per heavy atom. The van der Waals surface area contributed by atoms with Crippen LogP contribution in [-0.2, 0) is 9.59 Å². The second-order valence-electron chi connectivity index (χ2n) is 5.60. The average Bonchev–Trinajstić information content (AvgIpc) is 2.59. The summed E-state index contributed by atoms with van der Waals surface area (Å²) in [6, 6.07) is 7.83. The quantitative estimate of drug-likeness (QED) is 0.436. The number of ketones is 1. The van der Waals surface area contributed by atoms with E-state index in [1.54, 1.807) is 30.3 Å². The first-order chi connectivity index (χ1) is 12.8. The molecule has 142 valence electrons. The van der Waals surface area contributed by atoms with Gasteiger partial charge in [-0.3, -0.25) is 14.4 Å². The monoisotopic (exact) mass is 372 g/mol. The van der Waals surface area contributed by atoms with Crippen molar-refractivity contribution in [1.82, 2.24) is 0 Å². The minimum Gasteiger partial charge on any atom is -0.496 e. The summed E-state index contributed by atoms with van der Waals surface area (Å²) in [4.78, 5) is 35.2. The van der Waals surface area contributed by atoms with Crippen LogP contribution in [0.5, 0.6) is 23.0 Å². The third-order valence-corrected chi connectivity index (χ3v) is 3.67. The fourth-order valence-electron chi connectivity index (χ4n) is 2.70. The van der Waals surface area contributed by atoms with Crippen LogP contribution in [0.25, 0.3) is 11.1 Å². The Morgan fingerprint density at radius 3 is 1.67 bits per heavy atom. The second-order valence-corrected chi connectivity index (χ2v) is 5.60. The molecule has 2 aromatic carbocycles. The molecule has 0 saturated heterocycles. The molecule has 0 heterocycles. The number of Topliss-reactive ketones (excluding diaryl/α,β-unsaturated/α-hetero) is 1. The Kier molecular flexibility index (Phi) is 6.18. The molecule has 0 aliphatic carbocycles.